The van der Waals surface area contributed by atoms with E-state index in [1.165, 1.54) is 31.2 Å². The van der Waals surface area contributed by atoms with Crippen LogP contribution in [0.2, 0.25) is 0 Å². The number of esters is 1. The van der Waals surface area contributed by atoms with Crippen LogP contribution in [-0.2, 0) is 16.1 Å². The first-order valence-electron chi connectivity index (χ1n) is 8.38. The van der Waals surface area contributed by atoms with Crippen LogP contribution in [0.5, 0.6) is 0 Å². The molecule has 0 aliphatic carbocycles. The van der Waals surface area contributed by atoms with Crippen LogP contribution in [0.4, 0.5) is 13.2 Å². The lowest BCUT2D eigenvalue weighted by atomic mass is 10.1. The zero-order chi connectivity index (χ0) is 21.6. The molecule has 2 aromatic rings. The monoisotopic (exact) mass is 405 g/mol. The molecule has 0 aliphatic rings. The molecule has 6 nitrogen and oxygen atoms in total. The Morgan fingerprint density at radius 3 is 2.21 bits per heavy atom. The summed E-state index contributed by atoms with van der Waals surface area (Å²) in [6.45, 7) is 0.482. The first-order valence-corrected chi connectivity index (χ1v) is 8.38. The van der Waals surface area contributed by atoms with Gasteiger partial charge in [-0.2, -0.15) is 0 Å². The first kappa shape index (κ1) is 21.7. The topological polar surface area (TPSA) is 105 Å². The molecule has 0 bridgehead atoms. The van der Waals surface area contributed by atoms with Crippen LogP contribution in [0, 0.1) is 22.9 Å². The normalized spacial score (nSPS) is 11.4. The highest BCUT2D eigenvalue weighted by Crippen LogP contribution is 2.13. The molecule has 0 amide bonds. The van der Waals surface area contributed by atoms with E-state index in [9.17, 15) is 22.8 Å². The van der Waals surface area contributed by atoms with Gasteiger partial charge >= 0.3 is 5.97 Å². The standard InChI is InChI=1S/C20H18F3N3O3/c1-11(24)17(19(25)26-9-12-5-7-13(21)8-6-12)20(28)29-10-16(27)18-14(22)3-2-4-15(18)23/h2-8,24,26H,9-10,25H2,1H3/b19-17+,24-11?. The molecule has 0 atom stereocenters. The number of hydrogen-bond acceptors (Lipinski definition) is 6. The summed E-state index contributed by atoms with van der Waals surface area (Å²) < 4.78 is 45.0. The molecule has 0 fully saturated rings. The van der Waals surface area contributed by atoms with E-state index in [1.807, 2.05) is 0 Å². The number of rotatable bonds is 8. The fraction of sp³-hybridized carbons (Fsp3) is 0.150. The minimum Gasteiger partial charge on any atom is -0.454 e. The largest absolute Gasteiger partial charge is 0.454 e. The predicted octanol–water partition coefficient (Wildman–Crippen LogP) is 2.83. The van der Waals surface area contributed by atoms with Crippen molar-refractivity contribution in [2.24, 2.45) is 5.73 Å². The minimum atomic E-state index is -1.10. The third-order valence-electron chi connectivity index (χ3n) is 3.82. The molecular formula is C20H18F3N3O3. The second-order valence-electron chi connectivity index (χ2n) is 5.99. The van der Waals surface area contributed by atoms with E-state index in [1.54, 1.807) is 0 Å². The van der Waals surface area contributed by atoms with Crippen molar-refractivity contribution in [2.75, 3.05) is 6.61 Å². The lowest BCUT2D eigenvalue weighted by molar-refractivity contribution is -0.137. The Hall–Kier alpha value is -3.62. The van der Waals surface area contributed by atoms with E-state index in [4.69, 9.17) is 15.9 Å². The highest BCUT2D eigenvalue weighted by molar-refractivity contribution is 6.18. The second kappa shape index (κ2) is 9.54. The van der Waals surface area contributed by atoms with Gasteiger partial charge in [0, 0.05) is 12.3 Å². The van der Waals surface area contributed by atoms with Gasteiger partial charge in [-0.3, -0.25) is 4.79 Å². The van der Waals surface area contributed by atoms with Gasteiger partial charge in [-0.1, -0.05) is 18.2 Å². The highest BCUT2D eigenvalue weighted by atomic mass is 19.1. The zero-order valence-corrected chi connectivity index (χ0v) is 15.4. The van der Waals surface area contributed by atoms with Gasteiger partial charge in [0.25, 0.3) is 0 Å². The number of ether oxygens (including phenoxy) is 1. The lowest BCUT2D eigenvalue weighted by Crippen LogP contribution is -2.29. The average molecular weight is 405 g/mol. The molecule has 0 radical (unpaired) electrons. The molecule has 9 heteroatoms. The summed E-state index contributed by atoms with van der Waals surface area (Å²) >= 11 is 0. The molecule has 0 saturated carbocycles. The number of carbonyl (C=O) groups excluding carboxylic acids is 2. The average Bonchev–Trinajstić information content (AvgIpc) is 2.65. The van der Waals surface area contributed by atoms with Crippen molar-refractivity contribution in [1.82, 2.24) is 5.32 Å². The summed E-state index contributed by atoms with van der Waals surface area (Å²) in [5.74, 6) is -4.94. The van der Waals surface area contributed by atoms with Crippen molar-refractivity contribution in [1.29, 1.82) is 5.41 Å². The zero-order valence-electron chi connectivity index (χ0n) is 15.4. The number of halogens is 3. The van der Waals surface area contributed by atoms with Gasteiger partial charge in [0.15, 0.2) is 6.61 Å². The Morgan fingerprint density at radius 2 is 1.66 bits per heavy atom. The molecule has 0 saturated heterocycles. The Morgan fingerprint density at radius 1 is 1.07 bits per heavy atom. The van der Waals surface area contributed by atoms with Crippen LogP contribution < -0.4 is 11.1 Å². The number of benzene rings is 2. The quantitative estimate of drug-likeness (QED) is 0.271. The summed E-state index contributed by atoms with van der Waals surface area (Å²) in [4.78, 5) is 24.2. The molecule has 0 heterocycles. The van der Waals surface area contributed by atoms with Crippen molar-refractivity contribution in [2.45, 2.75) is 13.5 Å². The predicted molar refractivity (Wildman–Crippen MR) is 99.5 cm³/mol. The van der Waals surface area contributed by atoms with Gasteiger partial charge in [-0.05, 0) is 36.8 Å². The highest BCUT2D eigenvalue weighted by Gasteiger charge is 2.22. The maximum Gasteiger partial charge on any atom is 0.344 e. The van der Waals surface area contributed by atoms with E-state index in [0.717, 1.165) is 18.2 Å². The van der Waals surface area contributed by atoms with Gasteiger partial charge in [-0.15, -0.1) is 0 Å². The Balaban J connectivity index is 2.08. The van der Waals surface area contributed by atoms with Crippen LogP contribution in [0.1, 0.15) is 22.8 Å². The Labute approximate surface area is 164 Å². The molecule has 0 spiro atoms. The Bertz CT molecular complexity index is 952. The number of hydrogen-bond donors (Lipinski definition) is 3. The maximum atomic E-state index is 13.6. The van der Waals surface area contributed by atoms with Crippen LogP contribution in [0.25, 0.3) is 0 Å². The van der Waals surface area contributed by atoms with Gasteiger partial charge in [0.05, 0.1) is 5.56 Å². The van der Waals surface area contributed by atoms with Crippen molar-refractivity contribution in [3.63, 3.8) is 0 Å². The van der Waals surface area contributed by atoms with Gasteiger partial charge in [0.1, 0.15) is 28.8 Å². The molecule has 4 N–H and O–H groups in total. The van der Waals surface area contributed by atoms with Gasteiger partial charge < -0.3 is 21.2 Å². The van der Waals surface area contributed by atoms with Crippen molar-refractivity contribution >= 4 is 17.5 Å². The van der Waals surface area contributed by atoms with E-state index < -0.39 is 41.4 Å². The maximum absolute atomic E-state index is 13.6. The third kappa shape index (κ3) is 5.68. The van der Waals surface area contributed by atoms with Crippen molar-refractivity contribution in [3.8, 4) is 0 Å². The summed E-state index contributed by atoms with van der Waals surface area (Å²) in [5.41, 5.74) is 5.07. The first-order chi connectivity index (χ1) is 13.7. The van der Waals surface area contributed by atoms with Gasteiger partial charge in [-0.25, -0.2) is 18.0 Å². The molecule has 0 unspecified atom stereocenters. The van der Waals surface area contributed by atoms with E-state index in [0.29, 0.717) is 5.56 Å². The number of ketones is 1. The molecule has 29 heavy (non-hydrogen) atoms. The van der Waals surface area contributed by atoms with Crippen molar-refractivity contribution < 1.29 is 27.5 Å². The number of carbonyl (C=O) groups is 2. The van der Waals surface area contributed by atoms with Crippen LogP contribution in [-0.4, -0.2) is 24.1 Å². The van der Waals surface area contributed by atoms with Gasteiger partial charge in [0.2, 0.25) is 5.78 Å². The summed E-state index contributed by atoms with van der Waals surface area (Å²) in [6, 6.07) is 8.42. The third-order valence-corrected chi connectivity index (χ3v) is 3.82. The SMILES string of the molecule is CC(=N)/C(C(=O)OCC(=O)c1c(F)cccc1F)=C(/N)NCc1ccc(F)cc1. The number of Topliss-reactive ketones (excluding diaryl/α,β-unsaturated/α-hetero) is 1. The number of nitrogens with two attached hydrogens (primary N) is 1. The smallest absolute Gasteiger partial charge is 0.344 e. The minimum absolute atomic E-state index is 0.134. The lowest BCUT2D eigenvalue weighted by Gasteiger charge is -2.13. The molecule has 0 aliphatic heterocycles. The molecule has 152 valence electrons. The Kier molecular flexibility index (Phi) is 7.13. The molecule has 2 aromatic carbocycles. The van der Waals surface area contributed by atoms with E-state index in [2.05, 4.69) is 5.32 Å². The van der Waals surface area contributed by atoms with E-state index >= 15 is 0 Å². The van der Waals surface area contributed by atoms with Crippen LogP contribution in [0.3, 0.4) is 0 Å². The number of nitrogens with one attached hydrogen (secondary N) is 2. The fourth-order valence-electron chi connectivity index (χ4n) is 2.39. The van der Waals surface area contributed by atoms with Crippen LogP contribution >= 0.6 is 0 Å². The summed E-state index contributed by atoms with van der Waals surface area (Å²) in [5, 5.41) is 10.4. The fourth-order valence-corrected chi connectivity index (χ4v) is 2.39. The molecule has 0 aromatic heterocycles. The molecular weight excluding hydrogens is 387 g/mol. The van der Waals surface area contributed by atoms with E-state index in [-0.39, 0.29) is 23.7 Å². The van der Waals surface area contributed by atoms with Crippen molar-refractivity contribution in [3.05, 3.63) is 82.4 Å². The summed E-state index contributed by atoms with van der Waals surface area (Å²) in [6.07, 6.45) is 0. The molecule has 2 rings (SSSR count). The van der Waals surface area contributed by atoms with Crippen LogP contribution in [0.15, 0.2) is 53.9 Å². The second-order valence-corrected chi connectivity index (χ2v) is 5.99. The summed E-state index contributed by atoms with van der Waals surface area (Å²) in [7, 11) is 0.